The minimum Gasteiger partial charge on any atom is -0.487 e. The Morgan fingerprint density at radius 2 is 2.00 bits per heavy atom. The lowest BCUT2D eigenvalue weighted by atomic mass is 10.1. The number of hydrogen-bond acceptors (Lipinski definition) is 6. The molecule has 9 heteroatoms. The largest absolute Gasteiger partial charge is 0.487 e. The number of hydrogen-bond donors (Lipinski definition) is 1. The van der Waals surface area contributed by atoms with Gasteiger partial charge in [0.2, 0.25) is 5.91 Å². The van der Waals surface area contributed by atoms with Gasteiger partial charge in [0.05, 0.1) is 17.9 Å². The summed E-state index contributed by atoms with van der Waals surface area (Å²) in [6.07, 6.45) is 1.45. The van der Waals surface area contributed by atoms with Gasteiger partial charge >= 0.3 is 0 Å². The molecule has 2 aliphatic rings. The van der Waals surface area contributed by atoms with Crippen molar-refractivity contribution in [1.29, 1.82) is 0 Å². The van der Waals surface area contributed by atoms with Crippen LogP contribution in [0.4, 0.5) is 20.4 Å². The second-order valence-corrected chi connectivity index (χ2v) is 8.44. The third-order valence-corrected chi connectivity index (χ3v) is 5.63. The van der Waals surface area contributed by atoms with Gasteiger partial charge in [-0.25, -0.2) is 18.7 Å². The van der Waals surface area contributed by atoms with Gasteiger partial charge in [0.25, 0.3) is 0 Å². The highest BCUT2D eigenvalue weighted by molar-refractivity contribution is 5.73. The Morgan fingerprint density at radius 3 is 2.69 bits per heavy atom. The number of nitrogens with one attached hydrogen (secondary N) is 1. The summed E-state index contributed by atoms with van der Waals surface area (Å²) < 4.78 is 55.1. The van der Waals surface area contributed by atoms with Gasteiger partial charge in [-0.3, -0.25) is 4.79 Å². The van der Waals surface area contributed by atoms with Gasteiger partial charge in [0, 0.05) is 62.0 Å². The predicted molar refractivity (Wildman–Crippen MR) is 118 cm³/mol. The first-order valence-corrected chi connectivity index (χ1v) is 10.8. The molecule has 0 bridgehead atoms. The lowest BCUT2D eigenvalue weighted by Crippen LogP contribution is -2.40. The molecule has 172 valence electrons. The molecule has 0 spiro atoms. The van der Waals surface area contributed by atoms with Crippen molar-refractivity contribution in [2.45, 2.75) is 58.7 Å². The number of amides is 1. The molecule has 1 aromatic heterocycles. The van der Waals surface area contributed by atoms with Crippen molar-refractivity contribution in [2.75, 3.05) is 29.9 Å². The molecule has 32 heavy (non-hydrogen) atoms. The maximum atomic E-state index is 14.0. The highest BCUT2D eigenvalue weighted by Crippen LogP contribution is 2.30. The Kier molecular flexibility index (Phi) is 5.38. The van der Waals surface area contributed by atoms with Gasteiger partial charge in [-0.15, -0.1) is 0 Å². The van der Waals surface area contributed by atoms with Crippen LogP contribution in [0.5, 0.6) is 5.75 Å². The molecule has 7 nitrogen and oxygen atoms in total. The standard InChI is InChI=1S/C23H29F2N5O2/c1-14(2)26-22-23(28-19-8-11-30(15(3)31)13-20(19)27-22)29-9-6-17(7-10-29)32-21-5-4-16(24)12-18(21)25/h4-5,12,14,17H,6-11,13H2,1-3H3,(H,26,27)/i3D3. The number of ether oxygens (including phenoxy) is 1. The number of aromatic nitrogens is 2. The Bertz CT molecular complexity index is 1090. The maximum absolute atomic E-state index is 14.0. The van der Waals surface area contributed by atoms with Gasteiger partial charge in [-0.1, -0.05) is 0 Å². The molecule has 1 N–H and O–H groups in total. The molecule has 1 saturated heterocycles. The number of rotatable bonds is 5. The average Bonchev–Trinajstić information content (AvgIpc) is 2.79. The Hall–Kier alpha value is -2.97. The van der Waals surface area contributed by atoms with E-state index in [9.17, 15) is 13.6 Å². The first-order chi connectivity index (χ1) is 16.5. The van der Waals surface area contributed by atoms with Gasteiger partial charge in [0.1, 0.15) is 11.9 Å². The lowest BCUT2D eigenvalue weighted by Gasteiger charge is -2.35. The van der Waals surface area contributed by atoms with Crippen molar-refractivity contribution in [3.8, 4) is 5.75 Å². The van der Waals surface area contributed by atoms with E-state index >= 15 is 0 Å². The molecule has 3 heterocycles. The van der Waals surface area contributed by atoms with Crippen molar-refractivity contribution >= 4 is 17.5 Å². The summed E-state index contributed by atoms with van der Waals surface area (Å²) in [7, 11) is 0. The molecule has 0 aliphatic carbocycles. The highest BCUT2D eigenvalue weighted by Gasteiger charge is 2.28. The van der Waals surface area contributed by atoms with E-state index in [4.69, 9.17) is 18.8 Å². The summed E-state index contributed by atoms with van der Waals surface area (Å²) in [6.45, 7) is 2.86. The van der Waals surface area contributed by atoms with Crippen LogP contribution in [0.25, 0.3) is 0 Å². The molecular weight excluding hydrogens is 416 g/mol. The van der Waals surface area contributed by atoms with E-state index in [2.05, 4.69) is 10.2 Å². The van der Waals surface area contributed by atoms with Crippen LogP contribution < -0.4 is 15.0 Å². The van der Waals surface area contributed by atoms with E-state index in [0.29, 0.717) is 49.7 Å². The van der Waals surface area contributed by atoms with E-state index in [1.165, 1.54) is 17.0 Å². The summed E-state index contributed by atoms with van der Waals surface area (Å²) in [4.78, 5) is 25.2. The number of carbonyl (C=O) groups is 1. The van der Waals surface area contributed by atoms with Gasteiger partial charge < -0.3 is 19.9 Å². The van der Waals surface area contributed by atoms with Crippen LogP contribution >= 0.6 is 0 Å². The second-order valence-electron chi connectivity index (χ2n) is 8.44. The molecule has 0 unspecified atom stereocenters. The lowest BCUT2D eigenvalue weighted by molar-refractivity contribution is -0.129. The zero-order valence-corrected chi connectivity index (χ0v) is 18.2. The minimum absolute atomic E-state index is 0.0387. The molecule has 1 aromatic carbocycles. The molecule has 2 aromatic rings. The third kappa shape index (κ3) is 4.92. The number of halogens is 2. The molecule has 1 fully saturated rings. The van der Waals surface area contributed by atoms with Crippen LogP contribution in [0, 0.1) is 11.6 Å². The van der Waals surface area contributed by atoms with Crippen LogP contribution in [0.15, 0.2) is 18.2 Å². The average molecular weight is 449 g/mol. The number of anilines is 2. The van der Waals surface area contributed by atoms with Crippen LogP contribution in [0.2, 0.25) is 0 Å². The number of nitrogens with zero attached hydrogens (tertiary/aromatic N) is 4. The first-order valence-electron chi connectivity index (χ1n) is 12.3. The maximum Gasteiger partial charge on any atom is 0.219 e. The summed E-state index contributed by atoms with van der Waals surface area (Å²) in [5.74, 6) is -0.941. The number of benzene rings is 1. The van der Waals surface area contributed by atoms with Crippen molar-refractivity contribution in [1.82, 2.24) is 14.9 Å². The van der Waals surface area contributed by atoms with Crippen LogP contribution in [0.3, 0.4) is 0 Å². The molecule has 0 atom stereocenters. The number of fused-ring (bicyclic) bond motifs is 1. The summed E-state index contributed by atoms with van der Waals surface area (Å²) in [5, 5.41) is 3.31. The molecule has 1 amide bonds. The van der Waals surface area contributed by atoms with Gasteiger partial charge in [-0.05, 0) is 26.0 Å². The van der Waals surface area contributed by atoms with E-state index in [1.54, 1.807) is 0 Å². The summed E-state index contributed by atoms with van der Waals surface area (Å²) >= 11 is 0. The van der Waals surface area contributed by atoms with E-state index in [1.807, 2.05) is 13.8 Å². The fourth-order valence-electron chi connectivity index (χ4n) is 4.02. The summed E-state index contributed by atoms with van der Waals surface area (Å²) in [6, 6.07) is 3.36. The topological polar surface area (TPSA) is 70.6 Å². The Balaban J connectivity index is 1.49. The van der Waals surface area contributed by atoms with Gasteiger partial charge in [0.15, 0.2) is 23.2 Å². The van der Waals surface area contributed by atoms with Gasteiger partial charge in [-0.2, -0.15) is 0 Å². The monoisotopic (exact) mass is 448 g/mol. The van der Waals surface area contributed by atoms with Crippen molar-refractivity contribution in [3.63, 3.8) is 0 Å². The SMILES string of the molecule is [2H]C([2H])([2H])C(=O)N1CCc2nc(N3CCC(Oc4ccc(F)cc4F)CC3)c(NC(C)C)nc2C1. The number of piperidine rings is 1. The third-order valence-electron chi connectivity index (χ3n) is 5.63. The van der Waals surface area contributed by atoms with Crippen molar-refractivity contribution < 1.29 is 22.4 Å². The first kappa shape index (κ1) is 18.6. The molecule has 0 radical (unpaired) electrons. The van der Waals surface area contributed by atoms with E-state index in [-0.39, 0.29) is 31.0 Å². The Morgan fingerprint density at radius 1 is 1.22 bits per heavy atom. The predicted octanol–water partition coefficient (Wildman–Crippen LogP) is 3.53. The quantitative estimate of drug-likeness (QED) is 0.755. The fourth-order valence-corrected chi connectivity index (χ4v) is 4.02. The van der Waals surface area contributed by atoms with Crippen molar-refractivity contribution in [3.05, 3.63) is 41.2 Å². The van der Waals surface area contributed by atoms with Crippen LogP contribution in [-0.4, -0.2) is 52.6 Å². The normalized spacial score (nSPS) is 18.6. The fraction of sp³-hybridized carbons (Fsp3) is 0.522. The minimum atomic E-state index is -2.69. The van der Waals surface area contributed by atoms with E-state index < -0.39 is 24.4 Å². The molecule has 2 aliphatic heterocycles. The summed E-state index contributed by atoms with van der Waals surface area (Å²) in [5.41, 5.74) is 1.33. The highest BCUT2D eigenvalue weighted by atomic mass is 19.1. The van der Waals surface area contributed by atoms with Crippen LogP contribution in [0.1, 0.15) is 49.0 Å². The van der Waals surface area contributed by atoms with E-state index in [0.717, 1.165) is 11.8 Å². The Labute approximate surface area is 191 Å². The van der Waals surface area contributed by atoms with Crippen molar-refractivity contribution in [2.24, 2.45) is 0 Å². The van der Waals surface area contributed by atoms with Crippen LogP contribution in [-0.2, 0) is 17.8 Å². The number of carbonyl (C=O) groups excluding carboxylic acids is 1. The zero-order chi connectivity index (χ0) is 25.3. The second kappa shape index (κ2) is 9.26. The molecule has 0 saturated carbocycles. The smallest absolute Gasteiger partial charge is 0.219 e. The molecule has 4 rings (SSSR count). The zero-order valence-electron chi connectivity index (χ0n) is 21.2. The molecular formula is C23H29F2N5O2.